The van der Waals surface area contributed by atoms with Gasteiger partial charge in [0.1, 0.15) is 0 Å². The van der Waals surface area contributed by atoms with Crippen LogP contribution in [-0.4, -0.2) is 41.8 Å². The summed E-state index contributed by atoms with van der Waals surface area (Å²) in [5.41, 5.74) is -0.881. The van der Waals surface area contributed by atoms with Crippen LogP contribution in [0.25, 0.3) is 0 Å². The summed E-state index contributed by atoms with van der Waals surface area (Å²) in [6.07, 6.45) is 3.45. The van der Waals surface area contributed by atoms with Crippen molar-refractivity contribution >= 4 is 35.1 Å². The first-order valence-electron chi connectivity index (χ1n) is 8.64. The maximum atomic E-state index is 13.2. The molecule has 11 heteroatoms. The van der Waals surface area contributed by atoms with Crippen LogP contribution in [0.15, 0.2) is 44.2 Å². The van der Waals surface area contributed by atoms with Gasteiger partial charge >= 0.3 is 0 Å². The van der Waals surface area contributed by atoms with Gasteiger partial charge in [0.2, 0.25) is 11.8 Å². The van der Waals surface area contributed by atoms with Crippen molar-refractivity contribution in [1.82, 2.24) is 19.1 Å². The molecular formula is C19H19ClN4O4S2. The summed E-state index contributed by atoms with van der Waals surface area (Å²) in [7, 11) is 3.05. The standard InChI is InChI=1S/C19H19ClN4O4S2/c1-23-16(27)12(14(25)21-18(23)29-3)11(9-5-7-10(20)8-6-9)13-15(26)22-19(30-4)24(2)17(13)28/h5-8,11,25-26H,1-4H3. The minimum atomic E-state index is -1.11. The number of halogens is 1. The van der Waals surface area contributed by atoms with E-state index < -0.39 is 28.8 Å². The van der Waals surface area contributed by atoms with E-state index in [9.17, 15) is 19.8 Å². The molecule has 0 saturated carbocycles. The number of hydrogen-bond acceptors (Lipinski definition) is 8. The Hall–Kier alpha value is -2.43. The SMILES string of the molecule is CSc1nc(O)c(C(c2ccc(Cl)cc2)c2c(O)nc(SC)n(C)c2=O)c(=O)n1C. The first-order chi connectivity index (χ1) is 14.2. The maximum absolute atomic E-state index is 13.2. The lowest BCUT2D eigenvalue weighted by atomic mass is 9.87. The molecule has 8 nitrogen and oxygen atoms in total. The minimum Gasteiger partial charge on any atom is -0.493 e. The lowest BCUT2D eigenvalue weighted by Gasteiger charge is -2.21. The average Bonchev–Trinajstić information content (AvgIpc) is 2.72. The minimum absolute atomic E-state index is 0.135. The van der Waals surface area contributed by atoms with Gasteiger partial charge in [-0.25, -0.2) is 0 Å². The Morgan fingerprint density at radius 3 is 1.63 bits per heavy atom. The van der Waals surface area contributed by atoms with E-state index in [4.69, 9.17) is 11.6 Å². The predicted octanol–water partition coefficient (Wildman–Crippen LogP) is 2.56. The highest BCUT2D eigenvalue weighted by atomic mass is 35.5. The highest BCUT2D eigenvalue weighted by molar-refractivity contribution is 7.98. The van der Waals surface area contributed by atoms with Gasteiger partial charge in [0.05, 0.1) is 17.0 Å². The van der Waals surface area contributed by atoms with Gasteiger partial charge in [-0.2, -0.15) is 9.97 Å². The molecule has 0 amide bonds. The number of benzene rings is 1. The van der Waals surface area contributed by atoms with Gasteiger partial charge in [-0.1, -0.05) is 47.3 Å². The van der Waals surface area contributed by atoms with Crippen LogP contribution >= 0.6 is 35.1 Å². The van der Waals surface area contributed by atoms with E-state index in [1.165, 1.54) is 46.8 Å². The van der Waals surface area contributed by atoms with Crippen molar-refractivity contribution < 1.29 is 10.2 Å². The molecule has 0 aliphatic rings. The third kappa shape index (κ3) is 3.82. The molecule has 0 bridgehead atoms. The van der Waals surface area contributed by atoms with Crippen molar-refractivity contribution in [3.63, 3.8) is 0 Å². The molecule has 0 aliphatic heterocycles. The normalized spacial score (nSPS) is 11.3. The molecule has 3 rings (SSSR count). The van der Waals surface area contributed by atoms with Gasteiger partial charge in [-0.3, -0.25) is 18.7 Å². The molecule has 2 heterocycles. The Labute approximate surface area is 185 Å². The molecule has 30 heavy (non-hydrogen) atoms. The highest BCUT2D eigenvalue weighted by Crippen LogP contribution is 2.37. The quantitative estimate of drug-likeness (QED) is 0.436. The summed E-state index contributed by atoms with van der Waals surface area (Å²) in [4.78, 5) is 34.5. The first kappa shape index (κ1) is 22.3. The lowest BCUT2D eigenvalue weighted by molar-refractivity contribution is 0.416. The fourth-order valence-electron chi connectivity index (χ4n) is 3.18. The molecule has 0 aliphatic carbocycles. The number of rotatable bonds is 5. The second-order valence-corrected chi connectivity index (χ2v) is 8.37. The Balaban J connectivity index is 2.43. The van der Waals surface area contributed by atoms with Crippen LogP contribution in [0.3, 0.4) is 0 Å². The van der Waals surface area contributed by atoms with Crippen LogP contribution in [0, 0.1) is 0 Å². The maximum Gasteiger partial charge on any atom is 0.261 e. The Kier molecular flexibility index (Phi) is 6.49. The zero-order valence-corrected chi connectivity index (χ0v) is 19.0. The molecule has 158 valence electrons. The van der Waals surface area contributed by atoms with E-state index >= 15 is 0 Å². The second-order valence-electron chi connectivity index (χ2n) is 6.38. The van der Waals surface area contributed by atoms with Gasteiger partial charge < -0.3 is 10.2 Å². The van der Waals surface area contributed by atoms with Crippen LogP contribution in [0.5, 0.6) is 11.8 Å². The second kappa shape index (κ2) is 8.75. The fourth-order valence-corrected chi connectivity index (χ4v) is 4.38. The number of nitrogens with zero attached hydrogens (tertiary/aromatic N) is 4. The van der Waals surface area contributed by atoms with Crippen LogP contribution in [0.2, 0.25) is 5.02 Å². The molecular weight excluding hydrogens is 448 g/mol. The summed E-state index contributed by atoms with van der Waals surface area (Å²) in [5, 5.41) is 22.4. The van der Waals surface area contributed by atoms with Gasteiger partial charge in [-0.15, -0.1) is 0 Å². The molecule has 0 saturated heterocycles. The Bertz CT molecular complexity index is 1150. The summed E-state index contributed by atoms with van der Waals surface area (Å²) >= 11 is 8.39. The van der Waals surface area contributed by atoms with Crippen molar-refractivity contribution in [2.75, 3.05) is 12.5 Å². The highest BCUT2D eigenvalue weighted by Gasteiger charge is 2.32. The fraction of sp³-hybridized carbons (Fsp3) is 0.263. The van der Waals surface area contributed by atoms with E-state index in [0.29, 0.717) is 20.9 Å². The topological polar surface area (TPSA) is 110 Å². The third-order valence-electron chi connectivity index (χ3n) is 4.67. The molecule has 1 aromatic carbocycles. The Morgan fingerprint density at radius 2 is 1.27 bits per heavy atom. The number of aromatic hydroxyl groups is 2. The van der Waals surface area contributed by atoms with Crippen LogP contribution < -0.4 is 11.1 Å². The van der Waals surface area contributed by atoms with Gasteiger partial charge in [0.25, 0.3) is 11.1 Å². The van der Waals surface area contributed by atoms with Crippen molar-refractivity contribution in [3.8, 4) is 11.8 Å². The molecule has 0 spiro atoms. The summed E-state index contributed by atoms with van der Waals surface area (Å²) < 4.78 is 2.57. The molecule has 0 unspecified atom stereocenters. The van der Waals surface area contributed by atoms with Crippen LogP contribution in [0.1, 0.15) is 22.6 Å². The van der Waals surface area contributed by atoms with E-state index in [0.717, 1.165) is 0 Å². The van der Waals surface area contributed by atoms with Gasteiger partial charge in [0.15, 0.2) is 10.3 Å². The third-order valence-corrected chi connectivity index (χ3v) is 6.39. The molecule has 2 N–H and O–H groups in total. The zero-order valence-electron chi connectivity index (χ0n) is 16.6. The van der Waals surface area contributed by atoms with Crippen molar-refractivity contribution in [2.45, 2.75) is 16.2 Å². The van der Waals surface area contributed by atoms with E-state index in [-0.39, 0.29) is 11.1 Å². The smallest absolute Gasteiger partial charge is 0.261 e. The number of aromatic nitrogens is 4. The van der Waals surface area contributed by atoms with Gasteiger partial charge in [-0.05, 0) is 30.2 Å². The molecule has 0 fully saturated rings. The number of hydrogen-bond donors (Lipinski definition) is 2. The summed E-state index contributed by atoms with van der Waals surface area (Å²) in [5.74, 6) is -2.14. The molecule has 0 atom stereocenters. The van der Waals surface area contributed by atoms with Crippen molar-refractivity contribution in [2.24, 2.45) is 14.1 Å². The largest absolute Gasteiger partial charge is 0.493 e. The first-order valence-corrected chi connectivity index (χ1v) is 11.5. The lowest BCUT2D eigenvalue weighted by Crippen LogP contribution is -2.31. The van der Waals surface area contributed by atoms with Crippen LogP contribution in [-0.2, 0) is 14.1 Å². The molecule has 3 aromatic rings. The molecule has 2 aromatic heterocycles. The van der Waals surface area contributed by atoms with Crippen LogP contribution in [0.4, 0.5) is 0 Å². The van der Waals surface area contributed by atoms with E-state index in [2.05, 4.69) is 9.97 Å². The predicted molar refractivity (Wildman–Crippen MR) is 118 cm³/mol. The monoisotopic (exact) mass is 466 g/mol. The molecule has 0 radical (unpaired) electrons. The zero-order chi connectivity index (χ0) is 22.2. The Morgan fingerprint density at radius 1 is 0.867 bits per heavy atom. The van der Waals surface area contributed by atoms with Gasteiger partial charge in [0, 0.05) is 19.1 Å². The van der Waals surface area contributed by atoms with E-state index in [1.54, 1.807) is 36.8 Å². The summed E-state index contributed by atoms with van der Waals surface area (Å²) in [6, 6.07) is 6.44. The van der Waals surface area contributed by atoms with E-state index in [1.807, 2.05) is 0 Å². The van der Waals surface area contributed by atoms with Crippen molar-refractivity contribution in [1.29, 1.82) is 0 Å². The average molecular weight is 467 g/mol. The van der Waals surface area contributed by atoms with Crippen molar-refractivity contribution in [3.05, 3.63) is 66.7 Å². The number of thioether (sulfide) groups is 2. The summed E-state index contributed by atoms with van der Waals surface area (Å²) in [6.45, 7) is 0.